The average molecular weight is 518 g/mol. The van der Waals surface area contributed by atoms with Crippen molar-refractivity contribution in [1.29, 1.82) is 0 Å². The summed E-state index contributed by atoms with van der Waals surface area (Å²) in [6.45, 7) is 2.24. The van der Waals surface area contributed by atoms with E-state index < -0.39 is 12.1 Å². The Morgan fingerprint density at radius 1 is 1.05 bits per heavy atom. The van der Waals surface area contributed by atoms with Crippen LogP contribution in [0.2, 0.25) is 0 Å². The molecule has 0 radical (unpaired) electrons. The van der Waals surface area contributed by atoms with Crippen LogP contribution in [0.1, 0.15) is 46.3 Å². The summed E-state index contributed by atoms with van der Waals surface area (Å²) >= 11 is 1.31. The molecule has 2 aliphatic rings. The van der Waals surface area contributed by atoms with Gasteiger partial charge in [-0.3, -0.25) is 29.1 Å². The van der Waals surface area contributed by atoms with Crippen LogP contribution in [-0.4, -0.2) is 74.5 Å². The van der Waals surface area contributed by atoms with Crippen molar-refractivity contribution in [2.24, 2.45) is 0 Å². The number of carbonyl (C=O) groups is 4. The molecule has 10 heteroatoms. The third kappa shape index (κ3) is 4.89. The van der Waals surface area contributed by atoms with Crippen molar-refractivity contribution in [3.05, 3.63) is 71.5 Å². The van der Waals surface area contributed by atoms with Gasteiger partial charge in [-0.05, 0) is 49.2 Å². The second kappa shape index (κ2) is 10.6. The number of amides is 3. The van der Waals surface area contributed by atoms with Crippen molar-refractivity contribution >= 4 is 34.8 Å². The lowest BCUT2D eigenvalue weighted by Crippen LogP contribution is -2.52. The van der Waals surface area contributed by atoms with Gasteiger partial charge in [0.1, 0.15) is 17.8 Å². The average Bonchev–Trinajstić information content (AvgIpc) is 3.66. The van der Waals surface area contributed by atoms with Crippen molar-refractivity contribution in [2.75, 3.05) is 13.1 Å². The van der Waals surface area contributed by atoms with E-state index in [-0.39, 0.29) is 41.8 Å². The first-order valence-corrected chi connectivity index (χ1v) is 13.2. The number of nitrogens with zero attached hydrogens (tertiary/aromatic N) is 4. The Labute approximate surface area is 218 Å². The zero-order chi connectivity index (χ0) is 25.9. The SMILES string of the molecule is CCCC(NC(=O)c1ccc(-c2ccccn2)s1)C(=O)N1CCC2C1C(=O)CN2C(=O)c1ccccn1. The Bertz CT molecular complexity index is 1310. The Morgan fingerprint density at radius 3 is 2.54 bits per heavy atom. The van der Waals surface area contributed by atoms with Crippen LogP contribution in [0.5, 0.6) is 0 Å². The summed E-state index contributed by atoms with van der Waals surface area (Å²) in [7, 11) is 0. The molecule has 1 N–H and O–H groups in total. The highest BCUT2D eigenvalue weighted by Crippen LogP contribution is 2.32. The molecule has 3 amide bonds. The van der Waals surface area contributed by atoms with Crippen LogP contribution < -0.4 is 5.32 Å². The predicted octanol–water partition coefficient (Wildman–Crippen LogP) is 2.80. The first-order chi connectivity index (χ1) is 18.0. The van der Waals surface area contributed by atoms with Crippen LogP contribution >= 0.6 is 11.3 Å². The lowest BCUT2D eigenvalue weighted by molar-refractivity contribution is -0.138. The summed E-state index contributed by atoms with van der Waals surface area (Å²) in [6, 6.07) is 12.4. The minimum atomic E-state index is -0.759. The summed E-state index contributed by atoms with van der Waals surface area (Å²) in [6.07, 6.45) is 4.87. The molecule has 0 spiro atoms. The van der Waals surface area contributed by atoms with Gasteiger partial charge in [0.25, 0.3) is 11.8 Å². The summed E-state index contributed by atoms with van der Waals surface area (Å²) < 4.78 is 0. The molecule has 3 aromatic heterocycles. The van der Waals surface area contributed by atoms with Gasteiger partial charge in [-0.2, -0.15) is 0 Å². The summed E-state index contributed by atoms with van der Waals surface area (Å²) in [4.78, 5) is 65.5. The lowest BCUT2D eigenvalue weighted by Gasteiger charge is -2.28. The molecular weight excluding hydrogens is 490 g/mol. The van der Waals surface area contributed by atoms with E-state index in [0.717, 1.165) is 10.6 Å². The zero-order valence-corrected chi connectivity index (χ0v) is 21.2. The van der Waals surface area contributed by atoms with Gasteiger partial charge in [-0.1, -0.05) is 25.5 Å². The number of aromatic nitrogens is 2. The van der Waals surface area contributed by atoms with E-state index in [2.05, 4.69) is 15.3 Å². The van der Waals surface area contributed by atoms with Crippen molar-refractivity contribution in [3.63, 3.8) is 0 Å². The first-order valence-electron chi connectivity index (χ1n) is 12.3. The van der Waals surface area contributed by atoms with E-state index in [9.17, 15) is 19.2 Å². The highest BCUT2D eigenvalue weighted by molar-refractivity contribution is 7.17. The minimum Gasteiger partial charge on any atom is -0.340 e. The van der Waals surface area contributed by atoms with Gasteiger partial charge in [0.15, 0.2) is 5.78 Å². The van der Waals surface area contributed by atoms with Crippen LogP contribution in [0, 0.1) is 0 Å². The van der Waals surface area contributed by atoms with E-state index in [1.54, 1.807) is 35.4 Å². The third-order valence-corrected chi connectivity index (χ3v) is 7.88. The Kier molecular flexibility index (Phi) is 7.09. The van der Waals surface area contributed by atoms with Crippen LogP contribution in [0.15, 0.2) is 60.9 Å². The molecule has 3 unspecified atom stereocenters. The lowest BCUT2D eigenvalue weighted by atomic mass is 10.1. The number of hydrogen-bond acceptors (Lipinski definition) is 7. The first kappa shape index (κ1) is 24.8. The van der Waals surface area contributed by atoms with Crippen molar-refractivity contribution in [2.45, 2.75) is 44.3 Å². The largest absolute Gasteiger partial charge is 0.340 e. The van der Waals surface area contributed by atoms with Crippen LogP contribution in [0.4, 0.5) is 0 Å². The monoisotopic (exact) mass is 517 g/mol. The maximum atomic E-state index is 13.6. The van der Waals surface area contributed by atoms with Crippen molar-refractivity contribution < 1.29 is 19.2 Å². The number of pyridine rings is 2. The fourth-order valence-corrected chi connectivity index (χ4v) is 5.94. The Morgan fingerprint density at radius 2 is 1.84 bits per heavy atom. The van der Waals surface area contributed by atoms with Gasteiger partial charge in [0, 0.05) is 18.9 Å². The smallest absolute Gasteiger partial charge is 0.273 e. The van der Waals surface area contributed by atoms with Crippen LogP contribution in [-0.2, 0) is 9.59 Å². The fraction of sp³-hybridized carbons (Fsp3) is 0.333. The number of Topliss-reactive ketones (excluding diaryl/α,β-unsaturated/α-hetero) is 1. The highest BCUT2D eigenvalue weighted by Gasteiger charge is 2.52. The summed E-state index contributed by atoms with van der Waals surface area (Å²) in [5, 5.41) is 2.89. The second-order valence-corrected chi connectivity index (χ2v) is 10.2. The molecule has 0 saturated carbocycles. The molecule has 0 aromatic carbocycles. The van der Waals surface area contributed by atoms with Gasteiger partial charge < -0.3 is 15.1 Å². The predicted molar refractivity (Wildman–Crippen MR) is 138 cm³/mol. The second-order valence-electron chi connectivity index (χ2n) is 9.14. The maximum Gasteiger partial charge on any atom is 0.273 e. The molecule has 2 fully saturated rings. The number of nitrogens with one attached hydrogen (secondary N) is 1. The number of hydrogen-bond donors (Lipinski definition) is 1. The normalized spacial score (nSPS) is 19.5. The van der Waals surface area contributed by atoms with E-state index in [4.69, 9.17) is 0 Å². The van der Waals surface area contributed by atoms with Gasteiger partial charge in [0.05, 0.1) is 28.0 Å². The van der Waals surface area contributed by atoms with Gasteiger partial charge in [-0.25, -0.2) is 0 Å². The fourth-order valence-electron chi connectivity index (χ4n) is 5.06. The van der Waals surface area contributed by atoms with Gasteiger partial charge in [0.2, 0.25) is 5.91 Å². The standard InChI is InChI=1S/C27H27N5O4S/c1-2-7-19(30-25(34)23-11-10-22(37-23)17-8-3-5-13-28-17)27(36)31-15-12-20-24(31)21(33)16-32(20)26(35)18-9-4-6-14-29-18/h3-6,8-11,13-14,19-20,24H,2,7,12,15-16H2,1H3,(H,30,34). The van der Waals surface area contributed by atoms with Crippen molar-refractivity contribution in [3.8, 4) is 10.6 Å². The molecule has 0 bridgehead atoms. The number of fused-ring (bicyclic) bond motifs is 1. The summed E-state index contributed by atoms with van der Waals surface area (Å²) in [5.74, 6) is -1.10. The molecular formula is C27H27N5O4S. The third-order valence-electron chi connectivity index (χ3n) is 6.78. The minimum absolute atomic E-state index is 0.0508. The molecule has 5 heterocycles. The molecule has 2 aliphatic heterocycles. The molecule has 0 aliphatic carbocycles. The van der Waals surface area contributed by atoms with Gasteiger partial charge >= 0.3 is 0 Å². The summed E-state index contributed by atoms with van der Waals surface area (Å²) in [5.41, 5.74) is 1.05. The molecule has 2 saturated heterocycles. The quantitative estimate of drug-likeness (QED) is 0.516. The molecule has 5 rings (SSSR count). The van der Waals surface area contributed by atoms with E-state index >= 15 is 0 Å². The number of carbonyl (C=O) groups excluding carboxylic acids is 4. The highest BCUT2D eigenvalue weighted by atomic mass is 32.1. The Hall–Kier alpha value is -3.92. The number of rotatable bonds is 7. The molecule has 190 valence electrons. The molecule has 9 nitrogen and oxygen atoms in total. The van der Waals surface area contributed by atoms with E-state index in [1.807, 2.05) is 31.2 Å². The maximum absolute atomic E-state index is 13.6. The number of thiophene rings is 1. The number of likely N-dealkylation sites (tertiary alicyclic amines) is 2. The topological polar surface area (TPSA) is 113 Å². The molecule has 3 atom stereocenters. The van der Waals surface area contributed by atoms with E-state index in [0.29, 0.717) is 30.7 Å². The zero-order valence-electron chi connectivity index (χ0n) is 20.4. The van der Waals surface area contributed by atoms with Crippen LogP contribution in [0.3, 0.4) is 0 Å². The molecule has 3 aromatic rings. The van der Waals surface area contributed by atoms with Crippen molar-refractivity contribution in [1.82, 2.24) is 25.1 Å². The van der Waals surface area contributed by atoms with E-state index in [1.165, 1.54) is 22.4 Å². The van der Waals surface area contributed by atoms with Gasteiger partial charge in [-0.15, -0.1) is 11.3 Å². The number of ketones is 1. The Balaban J connectivity index is 1.29. The van der Waals surface area contributed by atoms with Crippen LogP contribution in [0.25, 0.3) is 10.6 Å². The molecule has 37 heavy (non-hydrogen) atoms.